The van der Waals surface area contributed by atoms with Gasteiger partial charge in [-0.15, -0.1) is 0 Å². The Kier molecular flexibility index (Phi) is 7.00. The highest BCUT2D eigenvalue weighted by Gasteiger charge is 2.34. The summed E-state index contributed by atoms with van der Waals surface area (Å²) in [6.45, 7) is 2.22. The van der Waals surface area contributed by atoms with Crippen molar-refractivity contribution in [2.45, 2.75) is 38.5 Å². The van der Waals surface area contributed by atoms with Crippen LogP contribution in [0.2, 0.25) is 0 Å². The van der Waals surface area contributed by atoms with Gasteiger partial charge in [0, 0.05) is 31.7 Å². The van der Waals surface area contributed by atoms with Gasteiger partial charge in [0.15, 0.2) is 0 Å². The SMILES string of the molecule is CCOC(=O)/C=C/C1=C(CCNC(=O)c2ccccn2)CCC(F)(F)C1. The molecule has 0 saturated heterocycles. The van der Waals surface area contributed by atoms with Crippen LogP contribution in [0.3, 0.4) is 0 Å². The van der Waals surface area contributed by atoms with Crippen molar-refractivity contribution >= 4 is 11.9 Å². The second-order valence-electron chi connectivity index (χ2n) is 5.97. The predicted octanol–water partition coefficient (Wildman–Crippen LogP) is 3.44. The molecule has 2 rings (SSSR count). The lowest BCUT2D eigenvalue weighted by Gasteiger charge is -2.26. The van der Waals surface area contributed by atoms with Gasteiger partial charge >= 0.3 is 5.97 Å². The molecular formula is C19H22F2N2O3. The number of halogens is 2. The van der Waals surface area contributed by atoms with Crippen LogP contribution < -0.4 is 5.32 Å². The van der Waals surface area contributed by atoms with E-state index in [1.165, 1.54) is 18.3 Å². The molecule has 140 valence electrons. The molecule has 1 amide bonds. The highest BCUT2D eigenvalue weighted by molar-refractivity contribution is 5.92. The number of carbonyl (C=O) groups is 2. The largest absolute Gasteiger partial charge is 0.463 e. The topological polar surface area (TPSA) is 68.3 Å². The van der Waals surface area contributed by atoms with Crippen molar-refractivity contribution in [3.8, 4) is 0 Å². The predicted molar refractivity (Wildman–Crippen MR) is 92.8 cm³/mol. The highest BCUT2D eigenvalue weighted by atomic mass is 19.3. The molecule has 0 bridgehead atoms. The quantitative estimate of drug-likeness (QED) is 0.594. The number of amides is 1. The average molecular weight is 364 g/mol. The van der Waals surface area contributed by atoms with Crippen LogP contribution in [-0.2, 0) is 9.53 Å². The number of ether oxygens (including phenoxy) is 1. The summed E-state index contributed by atoms with van der Waals surface area (Å²) < 4.78 is 32.2. The Morgan fingerprint density at radius 3 is 2.88 bits per heavy atom. The molecule has 1 aliphatic rings. The van der Waals surface area contributed by atoms with Gasteiger partial charge in [0.1, 0.15) is 5.69 Å². The third kappa shape index (κ3) is 6.06. The van der Waals surface area contributed by atoms with Crippen molar-refractivity contribution < 1.29 is 23.1 Å². The molecule has 7 heteroatoms. The van der Waals surface area contributed by atoms with Gasteiger partial charge in [-0.2, -0.15) is 0 Å². The minimum absolute atomic E-state index is 0.227. The maximum absolute atomic E-state index is 13.7. The number of nitrogens with zero attached hydrogens (tertiary/aromatic N) is 1. The number of aromatic nitrogens is 1. The molecule has 26 heavy (non-hydrogen) atoms. The van der Waals surface area contributed by atoms with E-state index in [0.717, 1.165) is 5.57 Å². The number of hydrogen-bond donors (Lipinski definition) is 1. The Morgan fingerprint density at radius 2 is 2.19 bits per heavy atom. The van der Waals surface area contributed by atoms with Crippen molar-refractivity contribution in [1.29, 1.82) is 0 Å². The number of pyridine rings is 1. The van der Waals surface area contributed by atoms with E-state index in [1.54, 1.807) is 25.1 Å². The summed E-state index contributed by atoms with van der Waals surface area (Å²) in [5, 5.41) is 2.73. The fourth-order valence-electron chi connectivity index (χ4n) is 2.72. The molecule has 0 spiro atoms. The number of alkyl halides is 2. The first-order valence-corrected chi connectivity index (χ1v) is 8.54. The number of nitrogens with one attached hydrogen (secondary N) is 1. The number of esters is 1. The smallest absolute Gasteiger partial charge is 0.330 e. The van der Waals surface area contributed by atoms with Crippen LogP contribution in [0.1, 0.15) is 43.1 Å². The summed E-state index contributed by atoms with van der Waals surface area (Å²) in [4.78, 5) is 27.4. The Morgan fingerprint density at radius 1 is 1.38 bits per heavy atom. The maximum atomic E-state index is 13.7. The molecular weight excluding hydrogens is 342 g/mol. The van der Waals surface area contributed by atoms with Crippen LogP contribution in [-0.4, -0.2) is 35.9 Å². The molecule has 0 radical (unpaired) electrons. The molecule has 1 aliphatic carbocycles. The lowest BCUT2D eigenvalue weighted by atomic mass is 9.87. The molecule has 0 unspecified atom stereocenters. The van der Waals surface area contributed by atoms with Gasteiger partial charge in [-0.25, -0.2) is 13.6 Å². The summed E-state index contributed by atoms with van der Waals surface area (Å²) in [6.07, 6.45) is 4.14. The zero-order valence-electron chi connectivity index (χ0n) is 14.6. The lowest BCUT2D eigenvalue weighted by molar-refractivity contribution is -0.137. The molecule has 1 aromatic heterocycles. The summed E-state index contributed by atoms with van der Waals surface area (Å²) in [6, 6.07) is 5.03. The van der Waals surface area contributed by atoms with Crippen LogP contribution >= 0.6 is 0 Å². The number of hydrogen-bond acceptors (Lipinski definition) is 4. The first kappa shape index (κ1) is 19.8. The van der Waals surface area contributed by atoms with Crippen LogP contribution in [0.4, 0.5) is 8.78 Å². The lowest BCUT2D eigenvalue weighted by Crippen LogP contribution is -2.27. The van der Waals surface area contributed by atoms with Crippen molar-refractivity contribution in [3.63, 3.8) is 0 Å². The zero-order valence-corrected chi connectivity index (χ0v) is 14.6. The molecule has 0 saturated carbocycles. The molecule has 0 fully saturated rings. The van der Waals surface area contributed by atoms with Gasteiger partial charge in [0.05, 0.1) is 6.61 Å². The van der Waals surface area contributed by atoms with Crippen LogP contribution in [0.15, 0.2) is 47.7 Å². The molecule has 1 N–H and O–H groups in total. The number of carbonyl (C=O) groups excluding carboxylic acids is 2. The second kappa shape index (κ2) is 9.22. The zero-order chi connectivity index (χ0) is 19.0. The Balaban J connectivity index is 2.00. The molecule has 5 nitrogen and oxygen atoms in total. The van der Waals surface area contributed by atoms with Crippen LogP contribution in [0.25, 0.3) is 0 Å². The summed E-state index contributed by atoms with van der Waals surface area (Å²) in [5.41, 5.74) is 1.55. The van der Waals surface area contributed by atoms with E-state index >= 15 is 0 Å². The van der Waals surface area contributed by atoms with Gasteiger partial charge in [0.25, 0.3) is 11.8 Å². The summed E-state index contributed by atoms with van der Waals surface area (Å²) >= 11 is 0. The normalized spacial score (nSPS) is 16.6. The van der Waals surface area contributed by atoms with Crippen LogP contribution in [0.5, 0.6) is 0 Å². The van der Waals surface area contributed by atoms with Gasteiger partial charge in [-0.1, -0.05) is 17.7 Å². The molecule has 0 aliphatic heterocycles. The summed E-state index contributed by atoms with van der Waals surface area (Å²) in [7, 11) is 0. The fourth-order valence-corrected chi connectivity index (χ4v) is 2.72. The second-order valence-corrected chi connectivity index (χ2v) is 5.97. The van der Waals surface area contributed by atoms with E-state index in [9.17, 15) is 18.4 Å². The highest BCUT2D eigenvalue weighted by Crippen LogP contribution is 2.38. The van der Waals surface area contributed by atoms with E-state index < -0.39 is 18.3 Å². The minimum atomic E-state index is -2.78. The first-order chi connectivity index (χ1) is 12.4. The van der Waals surface area contributed by atoms with Crippen LogP contribution in [0, 0.1) is 0 Å². The first-order valence-electron chi connectivity index (χ1n) is 8.54. The van der Waals surface area contributed by atoms with E-state index in [2.05, 4.69) is 10.3 Å². The average Bonchev–Trinajstić information content (AvgIpc) is 2.62. The van der Waals surface area contributed by atoms with E-state index in [-0.39, 0.29) is 25.4 Å². The molecule has 0 atom stereocenters. The van der Waals surface area contributed by atoms with E-state index in [0.29, 0.717) is 24.2 Å². The molecule has 0 aromatic carbocycles. The number of rotatable bonds is 7. The van der Waals surface area contributed by atoms with Gasteiger partial charge in [-0.3, -0.25) is 9.78 Å². The fraction of sp³-hybridized carbons (Fsp3) is 0.421. The van der Waals surface area contributed by atoms with Crippen molar-refractivity contribution in [2.75, 3.05) is 13.2 Å². The van der Waals surface area contributed by atoms with Gasteiger partial charge in [-0.05, 0) is 37.5 Å². The minimum Gasteiger partial charge on any atom is -0.463 e. The third-order valence-electron chi connectivity index (χ3n) is 4.01. The standard InChI is InChI=1S/C19H22F2N2O3/c1-2-26-17(24)7-6-15-13-19(20,21)10-8-14(15)9-12-23-18(25)16-5-3-4-11-22-16/h3-7,11H,2,8-10,12-13H2,1H3,(H,23,25)/b7-6+. The molecule has 1 heterocycles. The van der Waals surface area contributed by atoms with E-state index in [1.807, 2.05) is 0 Å². The Labute approximate surface area is 151 Å². The van der Waals surface area contributed by atoms with E-state index in [4.69, 9.17) is 4.74 Å². The number of allylic oxidation sites excluding steroid dienone is 2. The van der Waals surface area contributed by atoms with Gasteiger partial charge in [0.2, 0.25) is 0 Å². The Bertz CT molecular complexity index is 700. The molecule has 1 aromatic rings. The monoisotopic (exact) mass is 364 g/mol. The Hall–Kier alpha value is -2.57. The van der Waals surface area contributed by atoms with Crippen molar-refractivity contribution in [2.24, 2.45) is 0 Å². The summed E-state index contributed by atoms with van der Waals surface area (Å²) in [5.74, 6) is -3.65. The maximum Gasteiger partial charge on any atom is 0.330 e. The van der Waals surface area contributed by atoms with Crippen molar-refractivity contribution in [1.82, 2.24) is 10.3 Å². The third-order valence-corrected chi connectivity index (χ3v) is 4.01. The van der Waals surface area contributed by atoms with Crippen molar-refractivity contribution in [3.05, 3.63) is 53.4 Å². The van der Waals surface area contributed by atoms with Gasteiger partial charge < -0.3 is 10.1 Å².